The molecule has 0 amide bonds. The molecule has 0 unspecified atom stereocenters. The van der Waals surface area contributed by atoms with Crippen LogP contribution in [0, 0.1) is 0 Å². The van der Waals surface area contributed by atoms with Crippen LogP contribution in [0.2, 0.25) is 0 Å². The van der Waals surface area contributed by atoms with Gasteiger partial charge in [-0.15, -0.1) is 0 Å². The van der Waals surface area contributed by atoms with Gasteiger partial charge in [-0.05, 0) is 12.3 Å². The highest BCUT2D eigenvalue weighted by molar-refractivity contribution is 5.89. The van der Waals surface area contributed by atoms with Crippen molar-refractivity contribution in [1.29, 1.82) is 0 Å². The lowest BCUT2D eigenvalue weighted by molar-refractivity contribution is -0.140. The predicted molar refractivity (Wildman–Crippen MR) is 63.4 cm³/mol. The van der Waals surface area contributed by atoms with Crippen LogP contribution in [0.1, 0.15) is 5.56 Å². The molecular weight excluding hydrogens is 204 g/mol. The Bertz CT molecular complexity index is 410. The van der Waals surface area contributed by atoms with Gasteiger partial charge in [-0.25, -0.2) is 9.79 Å². The Balaban J connectivity index is 2.44. The van der Waals surface area contributed by atoms with Crippen LogP contribution in [0.3, 0.4) is 0 Å². The van der Waals surface area contributed by atoms with E-state index in [1.54, 1.807) is 0 Å². The molecule has 16 heavy (non-hydrogen) atoms. The molecule has 0 aliphatic carbocycles. The van der Waals surface area contributed by atoms with Gasteiger partial charge in [-0.1, -0.05) is 36.9 Å². The van der Waals surface area contributed by atoms with Crippen molar-refractivity contribution in [3.05, 3.63) is 48.2 Å². The molecule has 0 atom stereocenters. The number of rotatable bonds is 5. The fourth-order valence-electron chi connectivity index (χ4n) is 0.970. The molecular formula is C12H12N2O2. The second-order valence-corrected chi connectivity index (χ2v) is 2.94. The lowest BCUT2D eigenvalue weighted by Gasteiger charge is -2.03. The van der Waals surface area contributed by atoms with Crippen LogP contribution in [0.15, 0.2) is 52.6 Å². The number of hydrogen-bond acceptors (Lipinski definition) is 3. The number of carbonyl (C=O) groups excluding carboxylic acids is 1. The number of aliphatic imine (C=N–C) groups is 2. The number of ether oxygens (including phenoxy) is 1. The molecule has 0 N–H and O–H groups in total. The standard InChI is InChI=1S/C12H12N2O2/c1-10(14-9-13-2)12(15)16-8-11-6-4-3-5-7-11/h3-7,9H,1-2,8H2/b14-9-. The Kier molecular flexibility index (Phi) is 4.66. The molecule has 0 fully saturated rings. The highest BCUT2D eigenvalue weighted by atomic mass is 16.5. The minimum atomic E-state index is -0.566. The van der Waals surface area contributed by atoms with Crippen LogP contribution in [0.25, 0.3) is 0 Å². The van der Waals surface area contributed by atoms with E-state index >= 15 is 0 Å². The van der Waals surface area contributed by atoms with E-state index in [2.05, 4.69) is 23.3 Å². The number of hydrogen-bond donors (Lipinski definition) is 0. The van der Waals surface area contributed by atoms with Crippen LogP contribution >= 0.6 is 0 Å². The quantitative estimate of drug-likeness (QED) is 0.327. The molecule has 0 bridgehead atoms. The second kappa shape index (κ2) is 6.29. The van der Waals surface area contributed by atoms with Crippen molar-refractivity contribution in [2.24, 2.45) is 9.98 Å². The van der Waals surface area contributed by atoms with Gasteiger partial charge in [0.1, 0.15) is 18.6 Å². The molecule has 4 nitrogen and oxygen atoms in total. The van der Waals surface area contributed by atoms with E-state index in [9.17, 15) is 4.79 Å². The Hall–Kier alpha value is -2.23. The van der Waals surface area contributed by atoms with Gasteiger partial charge in [0, 0.05) is 0 Å². The van der Waals surface area contributed by atoms with Crippen LogP contribution in [0.5, 0.6) is 0 Å². The van der Waals surface area contributed by atoms with Gasteiger partial charge in [0.05, 0.1) is 0 Å². The Morgan fingerprint density at radius 1 is 1.38 bits per heavy atom. The van der Waals surface area contributed by atoms with Gasteiger partial charge in [-0.3, -0.25) is 4.99 Å². The van der Waals surface area contributed by atoms with Crippen molar-refractivity contribution < 1.29 is 9.53 Å². The first kappa shape index (κ1) is 11.8. The minimum absolute atomic E-state index is 0.00308. The summed E-state index contributed by atoms with van der Waals surface area (Å²) in [5.41, 5.74) is 0.915. The van der Waals surface area contributed by atoms with E-state index in [1.807, 2.05) is 30.3 Å². The van der Waals surface area contributed by atoms with Gasteiger partial charge in [0.2, 0.25) is 0 Å². The SMILES string of the molecule is C=N/C=N\C(=C)C(=O)OCc1ccccc1. The zero-order valence-corrected chi connectivity index (χ0v) is 8.80. The number of esters is 1. The van der Waals surface area contributed by atoms with E-state index in [1.165, 1.54) is 0 Å². The first-order valence-corrected chi connectivity index (χ1v) is 4.62. The fourth-order valence-corrected chi connectivity index (χ4v) is 0.970. The zero-order valence-electron chi connectivity index (χ0n) is 8.80. The van der Waals surface area contributed by atoms with E-state index in [4.69, 9.17) is 4.74 Å². The van der Waals surface area contributed by atoms with Crippen LogP contribution in [-0.2, 0) is 16.1 Å². The maximum atomic E-state index is 11.3. The van der Waals surface area contributed by atoms with E-state index < -0.39 is 5.97 Å². The molecule has 1 rings (SSSR count). The first-order chi connectivity index (χ1) is 7.74. The van der Waals surface area contributed by atoms with Gasteiger partial charge in [-0.2, -0.15) is 0 Å². The van der Waals surface area contributed by atoms with E-state index in [-0.39, 0.29) is 12.3 Å². The molecule has 1 aromatic carbocycles. The summed E-state index contributed by atoms with van der Waals surface area (Å²) in [6.07, 6.45) is 1.14. The number of benzene rings is 1. The average molecular weight is 216 g/mol. The maximum Gasteiger partial charge on any atom is 0.356 e. The molecule has 0 aliphatic heterocycles. The maximum absolute atomic E-state index is 11.3. The largest absolute Gasteiger partial charge is 0.456 e. The predicted octanol–water partition coefficient (Wildman–Crippen LogP) is 1.97. The van der Waals surface area contributed by atoms with Crippen LogP contribution < -0.4 is 0 Å². The summed E-state index contributed by atoms with van der Waals surface area (Å²) >= 11 is 0. The van der Waals surface area contributed by atoms with Crippen LogP contribution in [0.4, 0.5) is 0 Å². The number of carbonyl (C=O) groups is 1. The summed E-state index contributed by atoms with van der Waals surface area (Å²) in [7, 11) is 0. The second-order valence-electron chi connectivity index (χ2n) is 2.94. The molecule has 0 saturated carbocycles. The fraction of sp³-hybridized carbons (Fsp3) is 0.0833. The summed E-state index contributed by atoms with van der Waals surface area (Å²) < 4.78 is 4.97. The topological polar surface area (TPSA) is 51.0 Å². The summed E-state index contributed by atoms with van der Waals surface area (Å²) in [5, 5.41) is 0. The molecule has 1 aromatic rings. The normalized spacial score (nSPS) is 10.0. The van der Waals surface area contributed by atoms with Gasteiger partial charge in [0.25, 0.3) is 0 Å². The summed E-state index contributed by atoms with van der Waals surface area (Å²) in [6, 6.07) is 9.37. The van der Waals surface area contributed by atoms with Crippen molar-refractivity contribution in [1.82, 2.24) is 0 Å². The van der Waals surface area contributed by atoms with Gasteiger partial charge in [0.15, 0.2) is 0 Å². The minimum Gasteiger partial charge on any atom is -0.456 e. The summed E-state index contributed by atoms with van der Waals surface area (Å²) in [5.74, 6) is -0.566. The Morgan fingerprint density at radius 3 is 2.69 bits per heavy atom. The molecule has 0 heterocycles. The lowest BCUT2D eigenvalue weighted by atomic mass is 10.2. The Labute approximate surface area is 94.0 Å². The van der Waals surface area contributed by atoms with E-state index in [0.29, 0.717) is 0 Å². The lowest BCUT2D eigenvalue weighted by Crippen LogP contribution is -2.05. The smallest absolute Gasteiger partial charge is 0.356 e. The van der Waals surface area contributed by atoms with E-state index in [0.717, 1.165) is 11.9 Å². The molecule has 4 heteroatoms. The number of nitrogens with zero attached hydrogens (tertiary/aromatic N) is 2. The molecule has 0 saturated heterocycles. The first-order valence-electron chi connectivity index (χ1n) is 4.62. The van der Waals surface area contributed by atoms with Crippen molar-refractivity contribution in [3.63, 3.8) is 0 Å². The monoisotopic (exact) mass is 216 g/mol. The third kappa shape index (κ3) is 3.88. The molecule has 0 aliphatic rings. The molecule has 0 radical (unpaired) electrons. The summed E-state index contributed by atoms with van der Waals surface area (Å²) in [4.78, 5) is 18.3. The van der Waals surface area contributed by atoms with Crippen molar-refractivity contribution in [3.8, 4) is 0 Å². The van der Waals surface area contributed by atoms with Gasteiger partial charge < -0.3 is 4.74 Å². The van der Waals surface area contributed by atoms with Crippen molar-refractivity contribution >= 4 is 19.0 Å². The summed E-state index contributed by atoms with van der Waals surface area (Å²) in [6.45, 7) is 6.84. The molecule has 82 valence electrons. The van der Waals surface area contributed by atoms with Crippen LogP contribution in [-0.4, -0.2) is 19.0 Å². The third-order valence-corrected chi connectivity index (χ3v) is 1.74. The van der Waals surface area contributed by atoms with Crippen molar-refractivity contribution in [2.45, 2.75) is 6.61 Å². The van der Waals surface area contributed by atoms with Crippen molar-refractivity contribution in [2.75, 3.05) is 0 Å². The van der Waals surface area contributed by atoms with Gasteiger partial charge >= 0.3 is 5.97 Å². The third-order valence-electron chi connectivity index (χ3n) is 1.74. The highest BCUT2D eigenvalue weighted by Crippen LogP contribution is 2.03. The average Bonchev–Trinajstić information content (AvgIpc) is 2.34. The molecule has 0 spiro atoms. The highest BCUT2D eigenvalue weighted by Gasteiger charge is 2.06. The zero-order chi connectivity index (χ0) is 11.8. The Morgan fingerprint density at radius 2 is 2.06 bits per heavy atom. The molecule has 0 aromatic heterocycles.